The van der Waals surface area contributed by atoms with Crippen molar-refractivity contribution in [3.63, 3.8) is 0 Å². The minimum atomic E-state index is -0.219. The molecule has 4 nitrogen and oxygen atoms in total. The molecular formula is C14H20N2O2. The van der Waals surface area contributed by atoms with E-state index >= 15 is 0 Å². The van der Waals surface area contributed by atoms with E-state index in [4.69, 9.17) is 10.5 Å². The number of hydrogen-bond donors (Lipinski definition) is 2. The van der Waals surface area contributed by atoms with E-state index in [1.807, 2.05) is 31.2 Å². The molecule has 0 bridgehead atoms. The second-order valence-electron chi connectivity index (χ2n) is 5.18. The van der Waals surface area contributed by atoms with Gasteiger partial charge in [-0.2, -0.15) is 0 Å². The number of hydrogen-bond acceptors (Lipinski definition) is 3. The second-order valence-corrected chi connectivity index (χ2v) is 5.18. The van der Waals surface area contributed by atoms with Crippen LogP contribution in [0.15, 0.2) is 24.3 Å². The van der Waals surface area contributed by atoms with Gasteiger partial charge >= 0.3 is 0 Å². The van der Waals surface area contributed by atoms with Gasteiger partial charge in [0, 0.05) is 12.3 Å². The van der Waals surface area contributed by atoms with Crippen molar-refractivity contribution in [2.75, 3.05) is 18.9 Å². The minimum absolute atomic E-state index is 0.0350. The van der Waals surface area contributed by atoms with Gasteiger partial charge in [-0.3, -0.25) is 4.79 Å². The summed E-state index contributed by atoms with van der Waals surface area (Å²) in [5, 5.41) is 3.06. The zero-order valence-electron chi connectivity index (χ0n) is 10.7. The van der Waals surface area contributed by atoms with E-state index in [0.29, 0.717) is 18.7 Å². The largest absolute Gasteiger partial charge is 0.399 e. The first-order valence-electron chi connectivity index (χ1n) is 6.31. The first-order chi connectivity index (χ1) is 8.57. The number of nitrogen functional groups attached to an aromatic ring is 1. The van der Waals surface area contributed by atoms with Crippen molar-refractivity contribution >= 4 is 11.6 Å². The molecule has 18 heavy (non-hydrogen) atoms. The van der Waals surface area contributed by atoms with Crippen LogP contribution in [0.3, 0.4) is 0 Å². The molecule has 1 fully saturated rings. The molecule has 1 unspecified atom stereocenters. The molecule has 1 heterocycles. The lowest BCUT2D eigenvalue weighted by atomic mass is 9.94. The fourth-order valence-electron chi connectivity index (χ4n) is 2.23. The number of anilines is 1. The summed E-state index contributed by atoms with van der Waals surface area (Å²) in [6.45, 7) is 3.43. The monoisotopic (exact) mass is 248 g/mol. The molecule has 0 radical (unpaired) electrons. The van der Waals surface area contributed by atoms with Gasteiger partial charge in [0.1, 0.15) is 0 Å². The first-order valence-corrected chi connectivity index (χ1v) is 6.31. The third kappa shape index (κ3) is 3.47. The number of amides is 1. The van der Waals surface area contributed by atoms with Gasteiger partial charge < -0.3 is 15.8 Å². The molecule has 1 atom stereocenters. The van der Waals surface area contributed by atoms with Crippen molar-refractivity contribution in [2.24, 2.45) is 0 Å². The second kappa shape index (κ2) is 5.40. The van der Waals surface area contributed by atoms with Crippen LogP contribution in [0.5, 0.6) is 0 Å². The molecule has 0 aliphatic carbocycles. The van der Waals surface area contributed by atoms with Gasteiger partial charge in [0.05, 0.1) is 18.6 Å². The molecule has 1 amide bonds. The van der Waals surface area contributed by atoms with Crippen molar-refractivity contribution < 1.29 is 9.53 Å². The van der Waals surface area contributed by atoms with Crippen LogP contribution < -0.4 is 11.1 Å². The fraction of sp³-hybridized carbons (Fsp3) is 0.500. The molecule has 1 saturated heterocycles. The SMILES string of the molecule is CC1(NC(=O)Cc2ccc(N)cc2)CCCOC1. The average molecular weight is 248 g/mol. The summed E-state index contributed by atoms with van der Waals surface area (Å²) in [6, 6.07) is 7.39. The Morgan fingerprint density at radius 3 is 2.78 bits per heavy atom. The summed E-state index contributed by atoms with van der Waals surface area (Å²) in [6.07, 6.45) is 2.36. The molecule has 1 aromatic carbocycles. The Kier molecular flexibility index (Phi) is 3.87. The summed E-state index contributed by atoms with van der Waals surface area (Å²) in [7, 11) is 0. The van der Waals surface area contributed by atoms with Gasteiger partial charge in [-0.1, -0.05) is 12.1 Å². The first kappa shape index (κ1) is 12.9. The number of nitrogens with two attached hydrogens (primary N) is 1. The summed E-state index contributed by atoms with van der Waals surface area (Å²) < 4.78 is 5.42. The Hall–Kier alpha value is -1.55. The summed E-state index contributed by atoms with van der Waals surface area (Å²) in [5.74, 6) is 0.0350. The molecule has 3 N–H and O–H groups in total. The predicted molar refractivity (Wildman–Crippen MR) is 71.2 cm³/mol. The quantitative estimate of drug-likeness (QED) is 0.797. The Balaban J connectivity index is 1.90. The van der Waals surface area contributed by atoms with Crippen LogP contribution in [0.1, 0.15) is 25.3 Å². The molecule has 2 rings (SSSR count). The molecule has 98 valence electrons. The van der Waals surface area contributed by atoms with Gasteiger partial charge in [-0.05, 0) is 37.5 Å². The third-order valence-corrected chi connectivity index (χ3v) is 3.22. The zero-order chi connectivity index (χ0) is 13.0. The van der Waals surface area contributed by atoms with Crippen LogP contribution >= 0.6 is 0 Å². The van der Waals surface area contributed by atoms with E-state index in [1.165, 1.54) is 0 Å². The molecule has 1 aliphatic heterocycles. The Morgan fingerprint density at radius 1 is 1.44 bits per heavy atom. The Bertz CT molecular complexity index is 408. The van der Waals surface area contributed by atoms with Crippen LogP contribution in [0.2, 0.25) is 0 Å². The van der Waals surface area contributed by atoms with Gasteiger partial charge in [0.15, 0.2) is 0 Å². The van der Waals surface area contributed by atoms with Gasteiger partial charge in [-0.25, -0.2) is 0 Å². The molecular weight excluding hydrogens is 228 g/mol. The van der Waals surface area contributed by atoms with Crippen LogP contribution in [-0.2, 0) is 16.0 Å². The maximum absolute atomic E-state index is 12.0. The lowest BCUT2D eigenvalue weighted by Crippen LogP contribution is -2.52. The third-order valence-electron chi connectivity index (χ3n) is 3.22. The van der Waals surface area contributed by atoms with Crippen molar-refractivity contribution in [3.05, 3.63) is 29.8 Å². The summed E-state index contributed by atoms with van der Waals surface area (Å²) in [4.78, 5) is 12.0. The van der Waals surface area contributed by atoms with Crippen LogP contribution in [0.4, 0.5) is 5.69 Å². The molecule has 0 spiro atoms. The van der Waals surface area contributed by atoms with Crippen molar-refractivity contribution in [1.82, 2.24) is 5.32 Å². The van der Waals surface area contributed by atoms with E-state index in [0.717, 1.165) is 25.0 Å². The molecule has 1 aromatic rings. The highest BCUT2D eigenvalue weighted by atomic mass is 16.5. The maximum Gasteiger partial charge on any atom is 0.224 e. The van der Waals surface area contributed by atoms with E-state index in [1.54, 1.807) is 0 Å². The van der Waals surface area contributed by atoms with Gasteiger partial charge in [0.2, 0.25) is 5.91 Å². The Labute approximate surface area is 108 Å². The smallest absolute Gasteiger partial charge is 0.224 e. The number of ether oxygens (including phenoxy) is 1. The number of rotatable bonds is 3. The van der Waals surface area contributed by atoms with Crippen LogP contribution in [0, 0.1) is 0 Å². The van der Waals surface area contributed by atoms with Crippen molar-refractivity contribution in [2.45, 2.75) is 31.7 Å². The summed E-state index contributed by atoms with van der Waals surface area (Å²) in [5.41, 5.74) is 7.08. The number of benzene rings is 1. The van der Waals surface area contributed by atoms with Crippen LogP contribution in [0.25, 0.3) is 0 Å². The topological polar surface area (TPSA) is 64.4 Å². The highest BCUT2D eigenvalue weighted by Crippen LogP contribution is 2.18. The van der Waals surface area contributed by atoms with E-state index in [-0.39, 0.29) is 11.4 Å². The lowest BCUT2D eigenvalue weighted by Gasteiger charge is -2.34. The molecule has 4 heteroatoms. The number of carbonyl (C=O) groups excluding carboxylic acids is 1. The van der Waals surface area contributed by atoms with E-state index in [2.05, 4.69) is 5.32 Å². The molecule has 0 aromatic heterocycles. The van der Waals surface area contributed by atoms with Gasteiger partial charge in [-0.15, -0.1) is 0 Å². The lowest BCUT2D eigenvalue weighted by molar-refractivity contribution is -0.124. The molecule has 1 aliphatic rings. The maximum atomic E-state index is 12.0. The van der Waals surface area contributed by atoms with Crippen molar-refractivity contribution in [3.8, 4) is 0 Å². The highest BCUT2D eigenvalue weighted by molar-refractivity contribution is 5.79. The zero-order valence-corrected chi connectivity index (χ0v) is 10.7. The highest BCUT2D eigenvalue weighted by Gasteiger charge is 2.28. The van der Waals surface area contributed by atoms with Crippen molar-refractivity contribution in [1.29, 1.82) is 0 Å². The number of carbonyl (C=O) groups is 1. The molecule has 0 saturated carbocycles. The standard InChI is InChI=1S/C14H20N2O2/c1-14(7-2-8-18-10-14)16-13(17)9-11-3-5-12(15)6-4-11/h3-6H,2,7-10,15H2,1H3,(H,16,17). The van der Waals surface area contributed by atoms with E-state index < -0.39 is 0 Å². The fourth-order valence-corrected chi connectivity index (χ4v) is 2.23. The van der Waals surface area contributed by atoms with E-state index in [9.17, 15) is 4.79 Å². The van der Waals surface area contributed by atoms with Gasteiger partial charge in [0.25, 0.3) is 0 Å². The predicted octanol–water partition coefficient (Wildman–Crippen LogP) is 1.50. The normalized spacial score (nSPS) is 23.6. The Morgan fingerprint density at radius 2 is 2.17 bits per heavy atom. The average Bonchev–Trinajstić information content (AvgIpc) is 2.32. The number of nitrogens with one attached hydrogen (secondary N) is 1. The van der Waals surface area contributed by atoms with Crippen LogP contribution in [-0.4, -0.2) is 24.7 Å². The minimum Gasteiger partial charge on any atom is -0.399 e. The summed E-state index contributed by atoms with van der Waals surface area (Å²) >= 11 is 0.